The van der Waals surface area contributed by atoms with Gasteiger partial charge in [-0.2, -0.15) is 4.31 Å². The summed E-state index contributed by atoms with van der Waals surface area (Å²) in [6.45, 7) is 1.82. The molecule has 0 saturated heterocycles. The lowest BCUT2D eigenvalue weighted by Gasteiger charge is -2.15. The lowest BCUT2D eigenvalue weighted by molar-refractivity contribution is -0.130. The highest BCUT2D eigenvalue weighted by molar-refractivity contribution is 7.90. The Morgan fingerprint density at radius 3 is 2.17 bits per heavy atom. The van der Waals surface area contributed by atoms with Crippen LogP contribution in [0.25, 0.3) is 5.57 Å². The van der Waals surface area contributed by atoms with E-state index in [0.717, 1.165) is 5.56 Å². The van der Waals surface area contributed by atoms with Crippen LogP contribution in [0.4, 0.5) is 0 Å². The van der Waals surface area contributed by atoms with Gasteiger partial charge in [0.2, 0.25) is 0 Å². The molecule has 1 aliphatic heterocycles. The number of hydrogen-bond acceptors (Lipinski definition) is 5. The molecule has 5 nitrogen and oxygen atoms in total. The van der Waals surface area contributed by atoms with Crippen molar-refractivity contribution in [3.8, 4) is 11.8 Å². The molecule has 7 heteroatoms. The molecule has 1 aliphatic rings. The van der Waals surface area contributed by atoms with Crippen LogP contribution >= 0.6 is 11.3 Å². The van der Waals surface area contributed by atoms with Gasteiger partial charge in [0.05, 0.1) is 15.3 Å². The lowest BCUT2D eigenvalue weighted by Crippen LogP contribution is -2.37. The summed E-state index contributed by atoms with van der Waals surface area (Å²) in [4.78, 5) is 26.9. The van der Waals surface area contributed by atoms with E-state index in [1.165, 1.54) is 23.5 Å². The van der Waals surface area contributed by atoms with E-state index >= 15 is 0 Å². The number of aryl methyl sites for hydroxylation is 1. The monoisotopic (exact) mass is 433 g/mol. The summed E-state index contributed by atoms with van der Waals surface area (Å²) in [5, 5.41) is 1.84. The highest BCUT2D eigenvalue weighted by atomic mass is 32.2. The van der Waals surface area contributed by atoms with E-state index in [1.807, 2.05) is 18.4 Å². The van der Waals surface area contributed by atoms with Crippen LogP contribution < -0.4 is 0 Å². The Kier molecular flexibility index (Phi) is 5.12. The molecule has 0 N–H and O–H groups in total. The molecule has 30 heavy (non-hydrogen) atoms. The van der Waals surface area contributed by atoms with Crippen molar-refractivity contribution in [3.05, 3.63) is 93.7 Å². The number of carbonyl (C=O) groups excluding carboxylic acids is 2. The topological polar surface area (TPSA) is 71.5 Å². The molecule has 2 heterocycles. The molecule has 0 spiro atoms. The van der Waals surface area contributed by atoms with Crippen LogP contribution in [0.5, 0.6) is 0 Å². The first-order valence-corrected chi connectivity index (χ1v) is 11.3. The second kappa shape index (κ2) is 7.75. The third kappa shape index (κ3) is 3.47. The van der Waals surface area contributed by atoms with Crippen LogP contribution in [-0.2, 0) is 19.6 Å². The first kappa shape index (κ1) is 19.8. The Hall–Kier alpha value is -3.47. The first-order chi connectivity index (χ1) is 14.4. The average Bonchev–Trinajstić information content (AvgIpc) is 3.33. The van der Waals surface area contributed by atoms with Crippen molar-refractivity contribution in [2.45, 2.75) is 11.8 Å². The average molecular weight is 434 g/mol. The highest BCUT2D eigenvalue weighted by Crippen LogP contribution is 2.33. The van der Waals surface area contributed by atoms with E-state index in [2.05, 4.69) is 11.8 Å². The summed E-state index contributed by atoms with van der Waals surface area (Å²) in [7, 11) is -4.37. The van der Waals surface area contributed by atoms with Crippen LogP contribution in [-0.4, -0.2) is 24.5 Å². The van der Waals surface area contributed by atoms with E-state index in [0.29, 0.717) is 14.7 Å². The van der Waals surface area contributed by atoms with Crippen molar-refractivity contribution in [3.63, 3.8) is 0 Å². The van der Waals surface area contributed by atoms with Crippen molar-refractivity contribution >= 4 is 38.7 Å². The number of carbonyl (C=O) groups is 2. The Bertz CT molecular complexity index is 1330. The summed E-state index contributed by atoms with van der Waals surface area (Å²) >= 11 is 1.39. The number of thiophene rings is 1. The molecule has 4 rings (SSSR count). The zero-order chi connectivity index (χ0) is 21.3. The molecule has 0 radical (unpaired) electrons. The maximum atomic E-state index is 13.2. The van der Waals surface area contributed by atoms with Gasteiger partial charge in [-0.3, -0.25) is 9.59 Å². The summed E-state index contributed by atoms with van der Waals surface area (Å²) in [5.74, 6) is 3.75. The summed E-state index contributed by atoms with van der Waals surface area (Å²) in [6, 6.07) is 18.1. The number of rotatable bonds is 3. The van der Waals surface area contributed by atoms with Crippen LogP contribution in [0.3, 0.4) is 0 Å². The van der Waals surface area contributed by atoms with Gasteiger partial charge in [0.15, 0.2) is 0 Å². The van der Waals surface area contributed by atoms with Gasteiger partial charge in [0, 0.05) is 0 Å². The highest BCUT2D eigenvalue weighted by Gasteiger charge is 2.46. The number of nitrogens with zero attached hydrogens (tertiary/aromatic N) is 1. The smallest absolute Gasteiger partial charge is 0.267 e. The summed E-state index contributed by atoms with van der Waals surface area (Å²) in [6.07, 6.45) is 0. The largest absolute Gasteiger partial charge is 0.284 e. The predicted octanol–water partition coefficient (Wildman–Crippen LogP) is 3.62. The van der Waals surface area contributed by atoms with Gasteiger partial charge in [-0.15, -0.1) is 11.3 Å². The summed E-state index contributed by atoms with van der Waals surface area (Å²) in [5.41, 5.74) is 1.15. The first-order valence-electron chi connectivity index (χ1n) is 8.95. The minimum absolute atomic E-state index is 0.0136. The molecule has 0 unspecified atom stereocenters. The Morgan fingerprint density at radius 1 is 0.833 bits per heavy atom. The van der Waals surface area contributed by atoms with Crippen LogP contribution in [0.15, 0.2) is 82.6 Å². The van der Waals surface area contributed by atoms with Gasteiger partial charge in [0.1, 0.15) is 5.57 Å². The van der Waals surface area contributed by atoms with Crippen molar-refractivity contribution in [2.75, 3.05) is 0 Å². The number of hydrogen-bond donors (Lipinski definition) is 0. The molecule has 0 bridgehead atoms. The van der Waals surface area contributed by atoms with Crippen LogP contribution in [0.2, 0.25) is 0 Å². The van der Waals surface area contributed by atoms with E-state index in [9.17, 15) is 18.0 Å². The molecule has 2 aromatic carbocycles. The van der Waals surface area contributed by atoms with Gasteiger partial charge < -0.3 is 0 Å². The molecule has 3 aromatic rings. The van der Waals surface area contributed by atoms with Gasteiger partial charge >= 0.3 is 0 Å². The SMILES string of the molecule is Cc1ccc(S(=O)(=O)N2C(=O)C(C#Cc3cccs3)=C(c3ccccc3)C2=O)cc1. The molecule has 1 aromatic heterocycles. The van der Waals surface area contributed by atoms with Gasteiger partial charge in [-0.25, -0.2) is 8.42 Å². The molecule has 0 atom stereocenters. The fourth-order valence-corrected chi connectivity index (χ4v) is 4.89. The van der Waals surface area contributed by atoms with E-state index in [1.54, 1.807) is 48.5 Å². The molecule has 148 valence electrons. The van der Waals surface area contributed by atoms with Crippen LogP contribution in [0, 0.1) is 18.8 Å². The predicted molar refractivity (Wildman–Crippen MR) is 115 cm³/mol. The molecular formula is C23H15NO4S2. The maximum Gasteiger partial charge on any atom is 0.284 e. The fourth-order valence-electron chi connectivity index (χ4n) is 3.01. The third-order valence-electron chi connectivity index (χ3n) is 4.50. The molecule has 2 amide bonds. The number of benzene rings is 2. The fraction of sp³-hybridized carbons (Fsp3) is 0.0435. The number of imide groups is 1. The number of amides is 2. The normalized spacial score (nSPS) is 14.1. The van der Waals surface area contributed by atoms with Crippen molar-refractivity contribution < 1.29 is 18.0 Å². The molecule has 0 aliphatic carbocycles. The Morgan fingerprint density at radius 2 is 1.53 bits per heavy atom. The Balaban J connectivity index is 1.85. The third-order valence-corrected chi connectivity index (χ3v) is 6.97. The molecular weight excluding hydrogens is 418 g/mol. The van der Waals surface area contributed by atoms with Crippen molar-refractivity contribution in [1.82, 2.24) is 4.31 Å². The second-order valence-corrected chi connectivity index (χ2v) is 9.27. The lowest BCUT2D eigenvalue weighted by atomic mass is 10.0. The van der Waals surface area contributed by atoms with E-state index in [-0.39, 0.29) is 16.0 Å². The second-order valence-electron chi connectivity index (χ2n) is 6.54. The van der Waals surface area contributed by atoms with Crippen molar-refractivity contribution in [1.29, 1.82) is 0 Å². The summed E-state index contributed by atoms with van der Waals surface area (Å²) < 4.78 is 26.6. The standard InChI is InChI=1S/C23H15NO4S2/c1-16-9-12-19(13-10-16)30(27,28)24-22(25)20(14-11-18-8-5-15-29-18)21(23(24)26)17-6-3-2-4-7-17/h2-10,12-13,15H,1H3. The zero-order valence-corrected chi connectivity index (χ0v) is 17.5. The van der Waals surface area contributed by atoms with Crippen molar-refractivity contribution in [2.24, 2.45) is 0 Å². The quantitative estimate of drug-likeness (QED) is 0.467. The zero-order valence-electron chi connectivity index (χ0n) is 15.8. The molecule has 0 saturated carbocycles. The van der Waals surface area contributed by atoms with Gasteiger partial charge in [0.25, 0.3) is 21.8 Å². The maximum absolute atomic E-state index is 13.2. The minimum Gasteiger partial charge on any atom is -0.267 e. The molecule has 0 fully saturated rings. The van der Waals surface area contributed by atoms with Gasteiger partial charge in [-0.05, 0) is 36.1 Å². The van der Waals surface area contributed by atoms with E-state index < -0.39 is 21.8 Å². The van der Waals surface area contributed by atoms with Crippen LogP contribution in [0.1, 0.15) is 16.0 Å². The number of sulfonamides is 1. The Labute approximate surface area is 178 Å². The minimum atomic E-state index is -4.37. The van der Waals surface area contributed by atoms with E-state index in [4.69, 9.17) is 0 Å². The van der Waals surface area contributed by atoms with Gasteiger partial charge in [-0.1, -0.05) is 65.9 Å².